The lowest BCUT2D eigenvalue weighted by Crippen LogP contribution is -2.53. The molecule has 1 rings (SSSR count). The Labute approximate surface area is 205 Å². The SMILES string of the molecule is COC(=O)[C@@H](NC(=O)CN(CC(=O)N[C@H](C(=O)OC)C(C)C)C(=O)OCc1ccccc1)C(C)C. The first-order chi connectivity index (χ1) is 16.5. The molecule has 0 aliphatic carbocycles. The first-order valence-corrected chi connectivity index (χ1v) is 11.2. The largest absolute Gasteiger partial charge is 0.467 e. The second kappa shape index (κ2) is 14.6. The number of rotatable bonds is 12. The van der Waals surface area contributed by atoms with E-state index >= 15 is 0 Å². The highest BCUT2D eigenvalue weighted by Gasteiger charge is 2.30. The van der Waals surface area contributed by atoms with E-state index in [1.54, 1.807) is 52.0 Å². The molecule has 1 aromatic rings. The number of hydrogen-bond donors (Lipinski definition) is 2. The van der Waals surface area contributed by atoms with E-state index in [0.29, 0.717) is 5.56 Å². The van der Waals surface area contributed by atoms with Crippen LogP contribution in [-0.4, -0.2) is 74.1 Å². The van der Waals surface area contributed by atoms with Crippen molar-refractivity contribution in [2.24, 2.45) is 11.8 Å². The number of nitrogens with zero attached hydrogens (tertiary/aromatic N) is 1. The topological polar surface area (TPSA) is 140 Å². The number of benzene rings is 1. The van der Waals surface area contributed by atoms with Crippen molar-refractivity contribution >= 4 is 29.8 Å². The molecule has 0 aliphatic heterocycles. The molecule has 0 aliphatic rings. The minimum atomic E-state index is -0.937. The van der Waals surface area contributed by atoms with Gasteiger partial charge in [0.25, 0.3) is 0 Å². The summed E-state index contributed by atoms with van der Waals surface area (Å²) in [5.41, 5.74) is 0.714. The van der Waals surface area contributed by atoms with Crippen LogP contribution < -0.4 is 10.6 Å². The zero-order valence-electron chi connectivity index (χ0n) is 21.0. The van der Waals surface area contributed by atoms with Crippen LogP contribution in [0.4, 0.5) is 4.79 Å². The number of hydrogen-bond acceptors (Lipinski definition) is 8. The normalized spacial score (nSPS) is 12.3. The van der Waals surface area contributed by atoms with E-state index in [0.717, 1.165) is 4.90 Å². The van der Waals surface area contributed by atoms with Crippen molar-refractivity contribution in [3.63, 3.8) is 0 Å². The smallest absolute Gasteiger partial charge is 0.411 e. The first-order valence-electron chi connectivity index (χ1n) is 11.2. The Bertz CT molecular complexity index is 829. The molecule has 0 aromatic heterocycles. The summed E-state index contributed by atoms with van der Waals surface area (Å²) in [4.78, 5) is 62.9. The van der Waals surface area contributed by atoms with Crippen LogP contribution in [0.15, 0.2) is 30.3 Å². The standard InChI is InChI=1S/C24H35N3O8/c1-15(2)20(22(30)33-5)25-18(28)12-27(24(32)35-14-17-10-8-7-9-11-17)13-19(29)26-21(16(3)4)23(31)34-6/h7-11,15-16,20-21H,12-14H2,1-6H3,(H,25,28)(H,26,29)/t20-,21-/m0/s1. The van der Waals surface area contributed by atoms with Gasteiger partial charge in [-0.15, -0.1) is 0 Å². The molecule has 2 N–H and O–H groups in total. The van der Waals surface area contributed by atoms with E-state index in [9.17, 15) is 24.0 Å². The molecule has 0 spiro atoms. The van der Waals surface area contributed by atoms with Crippen LogP contribution in [0.2, 0.25) is 0 Å². The Morgan fingerprint density at radius 2 is 1.20 bits per heavy atom. The summed E-state index contributed by atoms with van der Waals surface area (Å²) < 4.78 is 14.7. The molecule has 3 amide bonds. The number of ether oxygens (including phenoxy) is 3. The van der Waals surface area contributed by atoms with Crippen molar-refractivity contribution in [3.8, 4) is 0 Å². The molecular formula is C24H35N3O8. The molecule has 0 saturated heterocycles. The second-order valence-electron chi connectivity index (χ2n) is 8.52. The van der Waals surface area contributed by atoms with Crippen molar-refractivity contribution in [2.45, 2.75) is 46.4 Å². The third-order valence-corrected chi connectivity index (χ3v) is 5.01. The lowest BCUT2D eigenvalue weighted by Gasteiger charge is -2.25. The summed E-state index contributed by atoms with van der Waals surface area (Å²) in [5, 5.41) is 5.03. The molecule has 0 saturated carbocycles. The Morgan fingerprint density at radius 3 is 1.57 bits per heavy atom. The predicted octanol–water partition coefficient (Wildman–Crippen LogP) is 1.25. The van der Waals surface area contributed by atoms with Gasteiger partial charge in [-0.05, 0) is 17.4 Å². The molecular weight excluding hydrogens is 458 g/mol. The average Bonchev–Trinajstić information content (AvgIpc) is 2.83. The molecule has 0 radical (unpaired) electrons. The zero-order valence-corrected chi connectivity index (χ0v) is 21.0. The van der Waals surface area contributed by atoms with Gasteiger partial charge in [0.05, 0.1) is 14.2 Å². The number of nitrogens with one attached hydrogen (secondary N) is 2. The van der Waals surface area contributed by atoms with Crippen molar-refractivity contribution in [3.05, 3.63) is 35.9 Å². The highest BCUT2D eigenvalue weighted by atomic mass is 16.6. The van der Waals surface area contributed by atoms with Gasteiger partial charge >= 0.3 is 18.0 Å². The average molecular weight is 494 g/mol. The molecule has 194 valence electrons. The fraction of sp³-hybridized carbons (Fsp3) is 0.542. The third-order valence-electron chi connectivity index (χ3n) is 5.01. The van der Waals surface area contributed by atoms with Gasteiger partial charge in [0.2, 0.25) is 11.8 Å². The fourth-order valence-corrected chi connectivity index (χ4v) is 3.03. The van der Waals surface area contributed by atoms with Crippen molar-refractivity contribution in [1.82, 2.24) is 15.5 Å². The van der Waals surface area contributed by atoms with E-state index in [2.05, 4.69) is 10.6 Å². The summed E-state index contributed by atoms with van der Waals surface area (Å²) in [7, 11) is 2.40. The maximum atomic E-state index is 12.8. The molecule has 0 heterocycles. The maximum Gasteiger partial charge on any atom is 0.411 e. The second-order valence-corrected chi connectivity index (χ2v) is 8.52. The van der Waals surface area contributed by atoms with Crippen LogP contribution >= 0.6 is 0 Å². The quantitative estimate of drug-likeness (QED) is 0.328. The van der Waals surface area contributed by atoms with Crippen molar-refractivity contribution in [2.75, 3.05) is 27.3 Å². The van der Waals surface area contributed by atoms with Crippen LogP contribution in [0.25, 0.3) is 0 Å². The number of carbonyl (C=O) groups excluding carboxylic acids is 5. The molecule has 11 heteroatoms. The zero-order chi connectivity index (χ0) is 26.5. The molecule has 0 fully saturated rings. The Morgan fingerprint density at radius 1 is 0.771 bits per heavy atom. The number of methoxy groups -OCH3 is 2. The van der Waals surface area contributed by atoms with Gasteiger partial charge in [-0.25, -0.2) is 14.4 Å². The molecule has 0 unspecified atom stereocenters. The van der Waals surface area contributed by atoms with E-state index in [1.807, 2.05) is 6.07 Å². The van der Waals surface area contributed by atoms with Crippen LogP contribution in [0.5, 0.6) is 0 Å². The van der Waals surface area contributed by atoms with Crippen LogP contribution in [0.3, 0.4) is 0 Å². The van der Waals surface area contributed by atoms with Gasteiger partial charge in [-0.2, -0.15) is 0 Å². The van der Waals surface area contributed by atoms with Gasteiger partial charge in [0.15, 0.2) is 0 Å². The highest BCUT2D eigenvalue weighted by molar-refractivity contribution is 5.90. The van der Waals surface area contributed by atoms with Crippen LogP contribution in [0.1, 0.15) is 33.3 Å². The summed E-state index contributed by atoms with van der Waals surface area (Å²) in [5.74, 6) is -3.21. The van der Waals surface area contributed by atoms with Crippen molar-refractivity contribution in [1.29, 1.82) is 0 Å². The number of carbonyl (C=O) groups is 5. The van der Waals surface area contributed by atoms with E-state index in [-0.39, 0.29) is 18.4 Å². The highest BCUT2D eigenvalue weighted by Crippen LogP contribution is 2.07. The summed E-state index contributed by atoms with van der Waals surface area (Å²) in [6.45, 7) is 5.69. The maximum absolute atomic E-state index is 12.8. The summed E-state index contributed by atoms with van der Waals surface area (Å²) >= 11 is 0. The minimum absolute atomic E-state index is 0.0764. The Hall–Kier alpha value is -3.63. The molecule has 35 heavy (non-hydrogen) atoms. The lowest BCUT2D eigenvalue weighted by molar-refractivity contribution is -0.146. The van der Waals surface area contributed by atoms with Crippen LogP contribution in [-0.2, 0) is 40.0 Å². The molecule has 0 bridgehead atoms. The van der Waals surface area contributed by atoms with Gasteiger partial charge in [0, 0.05) is 0 Å². The molecule has 11 nitrogen and oxygen atoms in total. The van der Waals surface area contributed by atoms with Gasteiger partial charge in [0.1, 0.15) is 31.8 Å². The van der Waals surface area contributed by atoms with Gasteiger partial charge < -0.3 is 24.8 Å². The van der Waals surface area contributed by atoms with E-state index in [4.69, 9.17) is 14.2 Å². The van der Waals surface area contributed by atoms with E-state index in [1.165, 1.54) is 14.2 Å². The first kappa shape index (κ1) is 29.4. The number of amides is 3. The fourth-order valence-electron chi connectivity index (χ4n) is 3.03. The minimum Gasteiger partial charge on any atom is -0.467 e. The lowest BCUT2D eigenvalue weighted by atomic mass is 10.0. The van der Waals surface area contributed by atoms with Gasteiger partial charge in [-0.1, -0.05) is 58.0 Å². The Kier molecular flexibility index (Phi) is 12.3. The summed E-state index contributed by atoms with van der Waals surface area (Å²) in [6, 6.07) is 7.00. The Balaban J connectivity index is 2.97. The van der Waals surface area contributed by atoms with Gasteiger partial charge in [-0.3, -0.25) is 14.5 Å². The van der Waals surface area contributed by atoms with E-state index < -0.39 is 55.0 Å². The molecule has 1 aromatic carbocycles. The molecule has 2 atom stereocenters. The monoisotopic (exact) mass is 493 g/mol. The third kappa shape index (κ3) is 10.0. The number of esters is 2. The van der Waals surface area contributed by atoms with Crippen LogP contribution in [0, 0.1) is 11.8 Å². The predicted molar refractivity (Wildman–Crippen MR) is 126 cm³/mol. The van der Waals surface area contributed by atoms with Crippen molar-refractivity contribution < 1.29 is 38.2 Å². The summed E-state index contributed by atoms with van der Waals surface area (Å²) in [6.07, 6.45) is -0.919.